The summed E-state index contributed by atoms with van der Waals surface area (Å²) in [7, 11) is 0. The van der Waals surface area contributed by atoms with E-state index in [1.54, 1.807) is 0 Å². The Bertz CT molecular complexity index is 458. The Balaban J connectivity index is 1.48. The van der Waals surface area contributed by atoms with Crippen molar-refractivity contribution in [2.75, 3.05) is 38.5 Å². The van der Waals surface area contributed by atoms with Gasteiger partial charge in [0.1, 0.15) is 0 Å². The second-order valence-corrected chi connectivity index (χ2v) is 6.86. The van der Waals surface area contributed by atoms with E-state index in [1.807, 2.05) is 6.07 Å². The predicted octanol–water partition coefficient (Wildman–Crippen LogP) is 2.89. The molecule has 2 fully saturated rings. The molecule has 2 aliphatic heterocycles. The molecule has 0 aromatic heterocycles. The van der Waals surface area contributed by atoms with Crippen LogP contribution in [0.2, 0.25) is 0 Å². The lowest BCUT2D eigenvalue weighted by Gasteiger charge is -2.34. The second-order valence-electron chi connectivity index (χ2n) is 6.86. The van der Waals surface area contributed by atoms with Crippen LogP contribution in [-0.4, -0.2) is 42.5 Å². The Labute approximate surface area is 129 Å². The smallest absolute Gasteiger partial charge is 0.0346 e. The summed E-state index contributed by atoms with van der Waals surface area (Å²) in [5.74, 6) is 0.918. The first-order valence-corrected chi connectivity index (χ1v) is 8.51. The van der Waals surface area contributed by atoms with E-state index in [9.17, 15) is 0 Å². The molecule has 3 heteroatoms. The highest BCUT2D eigenvalue weighted by Crippen LogP contribution is 2.23. The molecule has 3 rings (SSSR count). The molecule has 0 unspecified atom stereocenters. The molecule has 0 bridgehead atoms. The Morgan fingerprint density at radius 1 is 1.05 bits per heavy atom. The fraction of sp³-hybridized carbons (Fsp3) is 0.667. The molecule has 0 amide bonds. The summed E-state index contributed by atoms with van der Waals surface area (Å²) in [6.07, 6.45) is 5.54. The summed E-state index contributed by atoms with van der Waals surface area (Å²) in [5, 5.41) is 0. The van der Waals surface area contributed by atoms with Gasteiger partial charge in [-0.1, -0.05) is 12.1 Å². The molecule has 0 spiro atoms. The number of nitrogen functional groups attached to an aromatic ring is 1. The molecule has 0 atom stereocenters. The van der Waals surface area contributed by atoms with Gasteiger partial charge in [0.25, 0.3) is 0 Å². The number of nitrogens with two attached hydrogens (primary N) is 1. The van der Waals surface area contributed by atoms with E-state index in [4.69, 9.17) is 5.73 Å². The van der Waals surface area contributed by atoms with Crippen molar-refractivity contribution in [3.05, 3.63) is 29.3 Å². The third kappa shape index (κ3) is 3.78. The zero-order valence-electron chi connectivity index (χ0n) is 13.4. The average molecular weight is 287 g/mol. The summed E-state index contributed by atoms with van der Waals surface area (Å²) in [5.41, 5.74) is 9.60. The monoisotopic (exact) mass is 287 g/mol. The van der Waals surface area contributed by atoms with Crippen LogP contribution in [-0.2, 0) is 6.54 Å². The van der Waals surface area contributed by atoms with Crippen LogP contribution in [0.4, 0.5) is 5.69 Å². The minimum absolute atomic E-state index is 0.918. The maximum absolute atomic E-state index is 6.02. The molecule has 0 saturated carbocycles. The normalized spacial score (nSPS) is 22.0. The van der Waals surface area contributed by atoms with Gasteiger partial charge in [-0.05, 0) is 81.9 Å². The summed E-state index contributed by atoms with van der Waals surface area (Å²) < 4.78 is 0. The van der Waals surface area contributed by atoms with Crippen molar-refractivity contribution in [3.63, 3.8) is 0 Å². The molecule has 2 heterocycles. The van der Waals surface area contributed by atoms with Crippen molar-refractivity contribution in [3.8, 4) is 0 Å². The number of nitrogens with zero attached hydrogens (tertiary/aromatic N) is 2. The van der Waals surface area contributed by atoms with Crippen molar-refractivity contribution in [1.82, 2.24) is 9.80 Å². The molecule has 116 valence electrons. The average Bonchev–Trinajstić information content (AvgIpc) is 2.99. The lowest BCUT2D eigenvalue weighted by molar-refractivity contribution is 0.148. The van der Waals surface area contributed by atoms with E-state index in [-0.39, 0.29) is 0 Å². The standard InChI is InChI=1S/C18H29N3/c1-15-17(5-4-6-18(15)19)14-21-11-7-16(8-12-21)13-20-9-2-3-10-20/h4-6,16H,2-3,7-14,19H2,1H3. The van der Waals surface area contributed by atoms with E-state index in [0.717, 1.165) is 18.2 Å². The summed E-state index contributed by atoms with van der Waals surface area (Å²) in [6.45, 7) is 9.70. The van der Waals surface area contributed by atoms with E-state index in [2.05, 4.69) is 28.9 Å². The summed E-state index contributed by atoms with van der Waals surface area (Å²) in [6, 6.07) is 6.31. The third-order valence-corrected chi connectivity index (χ3v) is 5.30. The maximum Gasteiger partial charge on any atom is 0.0346 e. The molecule has 3 nitrogen and oxygen atoms in total. The number of hydrogen-bond donors (Lipinski definition) is 1. The summed E-state index contributed by atoms with van der Waals surface area (Å²) in [4.78, 5) is 5.27. The van der Waals surface area contributed by atoms with Crippen molar-refractivity contribution < 1.29 is 0 Å². The highest BCUT2D eigenvalue weighted by atomic mass is 15.2. The highest BCUT2D eigenvalue weighted by Gasteiger charge is 2.23. The number of piperidine rings is 1. The van der Waals surface area contributed by atoms with Crippen LogP contribution in [0.3, 0.4) is 0 Å². The first kappa shape index (κ1) is 14.9. The predicted molar refractivity (Wildman–Crippen MR) is 89.3 cm³/mol. The van der Waals surface area contributed by atoms with Crippen LogP contribution >= 0.6 is 0 Å². The van der Waals surface area contributed by atoms with Crippen LogP contribution in [0.1, 0.15) is 36.8 Å². The molecular weight excluding hydrogens is 258 g/mol. The van der Waals surface area contributed by atoms with Gasteiger partial charge in [0.15, 0.2) is 0 Å². The van der Waals surface area contributed by atoms with Gasteiger partial charge >= 0.3 is 0 Å². The van der Waals surface area contributed by atoms with Crippen molar-refractivity contribution in [2.24, 2.45) is 5.92 Å². The second kappa shape index (κ2) is 6.80. The van der Waals surface area contributed by atoms with Crippen LogP contribution in [0.15, 0.2) is 18.2 Å². The number of anilines is 1. The Morgan fingerprint density at radius 3 is 2.48 bits per heavy atom. The van der Waals surface area contributed by atoms with Gasteiger partial charge in [0.2, 0.25) is 0 Å². The van der Waals surface area contributed by atoms with Crippen molar-refractivity contribution >= 4 is 5.69 Å². The van der Waals surface area contributed by atoms with Gasteiger partial charge in [0.05, 0.1) is 0 Å². The quantitative estimate of drug-likeness (QED) is 0.864. The van der Waals surface area contributed by atoms with Crippen molar-refractivity contribution in [1.29, 1.82) is 0 Å². The summed E-state index contributed by atoms with van der Waals surface area (Å²) >= 11 is 0. The number of hydrogen-bond acceptors (Lipinski definition) is 3. The van der Waals surface area contributed by atoms with Crippen LogP contribution in [0.25, 0.3) is 0 Å². The Kier molecular flexibility index (Phi) is 4.81. The van der Waals surface area contributed by atoms with Gasteiger partial charge in [-0.25, -0.2) is 0 Å². The minimum atomic E-state index is 0.918. The van der Waals surface area contributed by atoms with E-state index >= 15 is 0 Å². The maximum atomic E-state index is 6.02. The van der Waals surface area contributed by atoms with Gasteiger partial charge in [0, 0.05) is 18.8 Å². The molecule has 2 saturated heterocycles. The zero-order chi connectivity index (χ0) is 14.7. The molecule has 21 heavy (non-hydrogen) atoms. The fourth-order valence-electron chi connectivity index (χ4n) is 3.77. The van der Waals surface area contributed by atoms with Crippen LogP contribution < -0.4 is 5.73 Å². The van der Waals surface area contributed by atoms with E-state index < -0.39 is 0 Å². The number of rotatable bonds is 4. The van der Waals surface area contributed by atoms with Gasteiger partial charge < -0.3 is 10.6 Å². The fourth-order valence-corrected chi connectivity index (χ4v) is 3.77. The molecule has 0 aliphatic carbocycles. The number of likely N-dealkylation sites (tertiary alicyclic amines) is 2. The zero-order valence-corrected chi connectivity index (χ0v) is 13.4. The van der Waals surface area contributed by atoms with Crippen LogP contribution in [0.5, 0.6) is 0 Å². The van der Waals surface area contributed by atoms with E-state index in [0.29, 0.717) is 0 Å². The van der Waals surface area contributed by atoms with Gasteiger partial charge in [-0.3, -0.25) is 4.90 Å². The van der Waals surface area contributed by atoms with E-state index in [1.165, 1.54) is 69.5 Å². The molecule has 2 aliphatic rings. The Morgan fingerprint density at radius 2 is 1.76 bits per heavy atom. The largest absolute Gasteiger partial charge is 0.399 e. The first-order chi connectivity index (χ1) is 10.2. The SMILES string of the molecule is Cc1c(N)cccc1CN1CCC(CN2CCCC2)CC1. The van der Waals surface area contributed by atoms with Crippen LogP contribution in [0, 0.1) is 12.8 Å². The highest BCUT2D eigenvalue weighted by molar-refractivity contribution is 5.49. The molecule has 1 aromatic carbocycles. The van der Waals surface area contributed by atoms with Gasteiger partial charge in [-0.15, -0.1) is 0 Å². The number of benzene rings is 1. The minimum Gasteiger partial charge on any atom is -0.399 e. The molecule has 2 N–H and O–H groups in total. The lowest BCUT2D eigenvalue weighted by Crippen LogP contribution is -2.37. The molecular formula is C18H29N3. The first-order valence-electron chi connectivity index (χ1n) is 8.51. The Hall–Kier alpha value is -1.06. The molecule has 0 radical (unpaired) electrons. The van der Waals surface area contributed by atoms with Gasteiger partial charge in [-0.2, -0.15) is 0 Å². The third-order valence-electron chi connectivity index (χ3n) is 5.30. The topological polar surface area (TPSA) is 32.5 Å². The van der Waals surface area contributed by atoms with Crippen molar-refractivity contribution in [2.45, 2.75) is 39.2 Å². The lowest BCUT2D eigenvalue weighted by atomic mass is 9.95. The molecule has 1 aromatic rings.